The van der Waals surface area contributed by atoms with Gasteiger partial charge in [0, 0.05) is 42.7 Å². The van der Waals surface area contributed by atoms with Crippen LogP contribution in [-0.4, -0.2) is 35.9 Å². The Bertz CT molecular complexity index is 1080. The third-order valence-electron chi connectivity index (χ3n) is 5.88. The van der Waals surface area contributed by atoms with Gasteiger partial charge in [-0.2, -0.15) is 4.31 Å². The summed E-state index contributed by atoms with van der Waals surface area (Å²) in [5, 5.41) is 1.74. The zero-order valence-corrected chi connectivity index (χ0v) is 16.3. The monoisotopic (exact) mass is 394 g/mol. The lowest BCUT2D eigenvalue weighted by Gasteiger charge is -2.38. The first-order valence-electron chi connectivity index (χ1n) is 9.71. The van der Waals surface area contributed by atoms with E-state index < -0.39 is 10.0 Å². The van der Waals surface area contributed by atoms with Crippen LogP contribution in [0, 0.1) is 0 Å². The summed E-state index contributed by atoms with van der Waals surface area (Å²) in [6.45, 7) is 0. The molecule has 3 heterocycles. The second-order valence-corrected chi connectivity index (χ2v) is 9.40. The zero-order chi connectivity index (χ0) is 19.1. The van der Waals surface area contributed by atoms with Gasteiger partial charge in [0.1, 0.15) is 11.9 Å². The fourth-order valence-corrected chi connectivity index (χ4v) is 6.83. The molecule has 1 aromatic heterocycles. The van der Waals surface area contributed by atoms with Gasteiger partial charge in [-0.15, -0.1) is 0 Å². The van der Waals surface area contributed by atoms with Crippen molar-refractivity contribution in [2.24, 2.45) is 0 Å². The van der Waals surface area contributed by atoms with Crippen LogP contribution in [0.2, 0.25) is 0 Å². The summed E-state index contributed by atoms with van der Waals surface area (Å²) in [5.41, 5.74) is 0. The van der Waals surface area contributed by atoms with Crippen LogP contribution < -0.4 is 4.74 Å². The quantitative estimate of drug-likeness (QED) is 0.671. The fraction of sp³-hybridized carbons (Fsp3) is 0.318. The predicted octanol–water partition coefficient (Wildman–Crippen LogP) is 4.00. The maximum absolute atomic E-state index is 13.6. The van der Waals surface area contributed by atoms with Gasteiger partial charge in [0.2, 0.25) is 10.0 Å². The highest BCUT2D eigenvalue weighted by Gasteiger charge is 2.48. The first-order chi connectivity index (χ1) is 13.6. The average molecular weight is 394 g/mol. The van der Waals surface area contributed by atoms with Crippen LogP contribution in [-0.2, 0) is 10.0 Å². The molecule has 2 aromatic carbocycles. The van der Waals surface area contributed by atoms with Crippen molar-refractivity contribution >= 4 is 20.8 Å². The summed E-state index contributed by atoms with van der Waals surface area (Å²) < 4.78 is 35.1. The highest BCUT2D eigenvalue weighted by molar-refractivity contribution is 7.89. The van der Waals surface area contributed by atoms with Gasteiger partial charge < -0.3 is 4.74 Å². The summed E-state index contributed by atoms with van der Waals surface area (Å²) >= 11 is 0. The lowest BCUT2D eigenvalue weighted by atomic mass is 10.0. The predicted molar refractivity (Wildman–Crippen MR) is 108 cm³/mol. The van der Waals surface area contributed by atoms with Gasteiger partial charge in [0.25, 0.3) is 0 Å². The molecule has 2 aliphatic heterocycles. The largest absolute Gasteiger partial charge is 0.490 e. The summed E-state index contributed by atoms with van der Waals surface area (Å²) in [7, 11) is -3.55. The van der Waals surface area contributed by atoms with Crippen molar-refractivity contribution in [3.63, 3.8) is 0 Å². The molecule has 0 amide bonds. The van der Waals surface area contributed by atoms with Crippen molar-refractivity contribution < 1.29 is 13.2 Å². The molecule has 0 spiro atoms. The Labute approximate surface area is 165 Å². The lowest BCUT2D eigenvalue weighted by Crippen LogP contribution is -2.49. The molecule has 3 aromatic rings. The van der Waals surface area contributed by atoms with Crippen LogP contribution in [0.3, 0.4) is 0 Å². The van der Waals surface area contributed by atoms with E-state index >= 15 is 0 Å². The number of hydrogen-bond donors (Lipinski definition) is 0. The number of aromatic nitrogens is 1. The van der Waals surface area contributed by atoms with Crippen molar-refractivity contribution in [2.45, 2.75) is 48.8 Å². The minimum Gasteiger partial charge on any atom is -0.490 e. The smallest absolute Gasteiger partial charge is 0.244 e. The van der Waals surface area contributed by atoms with Crippen LogP contribution in [0.5, 0.6) is 5.75 Å². The maximum Gasteiger partial charge on any atom is 0.244 e. The molecule has 5 rings (SSSR count). The van der Waals surface area contributed by atoms with Gasteiger partial charge >= 0.3 is 0 Å². The molecule has 6 heteroatoms. The Hall–Kier alpha value is -2.44. The normalized spacial score (nSPS) is 25.1. The molecule has 144 valence electrons. The van der Waals surface area contributed by atoms with Gasteiger partial charge in [-0.05, 0) is 36.4 Å². The highest BCUT2D eigenvalue weighted by Crippen LogP contribution is 2.41. The molecule has 2 saturated heterocycles. The van der Waals surface area contributed by atoms with Gasteiger partial charge in [-0.1, -0.05) is 36.4 Å². The van der Waals surface area contributed by atoms with Gasteiger partial charge in [0.05, 0.1) is 4.90 Å². The molecule has 0 saturated carbocycles. The van der Waals surface area contributed by atoms with Crippen molar-refractivity contribution in [1.29, 1.82) is 0 Å². The topological polar surface area (TPSA) is 59.5 Å². The second kappa shape index (κ2) is 6.87. The number of fused-ring (bicyclic) bond motifs is 3. The first kappa shape index (κ1) is 17.6. The molecular formula is C22H22N2O3S. The van der Waals surface area contributed by atoms with Crippen molar-refractivity contribution in [3.05, 3.63) is 67.0 Å². The lowest BCUT2D eigenvalue weighted by molar-refractivity contribution is 0.0956. The van der Waals surface area contributed by atoms with Crippen LogP contribution in [0.1, 0.15) is 25.7 Å². The van der Waals surface area contributed by atoms with Gasteiger partial charge in [0.15, 0.2) is 0 Å². The molecule has 2 bridgehead atoms. The van der Waals surface area contributed by atoms with E-state index in [0.29, 0.717) is 4.90 Å². The molecule has 0 N–H and O–H groups in total. The molecule has 5 nitrogen and oxygen atoms in total. The van der Waals surface area contributed by atoms with Crippen molar-refractivity contribution in [3.8, 4) is 5.75 Å². The van der Waals surface area contributed by atoms with Crippen LogP contribution in [0.4, 0.5) is 0 Å². The van der Waals surface area contributed by atoms with E-state index in [0.717, 1.165) is 42.2 Å². The van der Waals surface area contributed by atoms with E-state index in [9.17, 15) is 8.42 Å². The molecule has 2 unspecified atom stereocenters. The van der Waals surface area contributed by atoms with Gasteiger partial charge in [-0.3, -0.25) is 4.98 Å². The van der Waals surface area contributed by atoms with E-state index in [1.807, 2.05) is 48.5 Å². The summed E-state index contributed by atoms with van der Waals surface area (Å²) in [4.78, 5) is 4.43. The highest BCUT2D eigenvalue weighted by atomic mass is 32.2. The third kappa shape index (κ3) is 2.97. The Morgan fingerprint density at radius 3 is 2.32 bits per heavy atom. The number of ether oxygens (including phenoxy) is 1. The minimum atomic E-state index is -3.55. The van der Waals surface area contributed by atoms with E-state index in [1.165, 1.54) is 0 Å². The summed E-state index contributed by atoms with van der Waals surface area (Å²) in [5.74, 6) is 0.796. The van der Waals surface area contributed by atoms with Crippen LogP contribution in [0.15, 0.2) is 71.9 Å². The Kier molecular flexibility index (Phi) is 4.33. The molecule has 2 fully saturated rings. The number of pyridine rings is 1. The molecule has 28 heavy (non-hydrogen) atoms. The van der Waals surface area contributed by atoms with Gasteiger partial charge in [-0.25, -0.2) is 8.42 Å². The van der Waals surface area contributed by atoms with E-state index in [4.69, 9.17) is 4.74 Å². The third-order valence-corrected chi connectivity index (χ3v) is 7.94. The van der Waals surface area contributed by atoms with E-state index in [2.05, 4.69) is 4.98 Å². The second-order valence-electron chi connectivity index (χ2n) is 7.59. The van der Waals surface area contributed by atoms with Crippen molar-refractivity contribution in [2.75, 3.05) is 0 Å². The number of sulfonamides is 1. The summed E-state index contributed by atoms with van der Waals surface area (Å²) in [6.07, 6.45) is 6.70. The number of hydrogen-bond acceptors (Lipinski definition) is 4. The Morgan fingerprint density at radius 2 is 1.57 bits per heavy atom. The molecular weight excluding hydrogens is 372 g/mol. The van der Waals surface area contributed by atoms with E-state index in [-0.39, 0.29) is 18.2 Å². The Balaban J connectivity index is 1.44. The Morgan fingerprint density at radius 1 is 0.893 bits per heavy atom. The number of rotatable bonds is 4. The SMILES string of the molecule is O=S(=O)(c1cccc2ccccc12)N1C2CCC1CC(Oc1ccncc1)C2. The number of piperidine rings is 1. The van der Waals surface area contributed by atoms with Crippen LogP contribution >= 0.6 is 0 Å². The summed E-state index contributed by atoms with van der Waals surface area (Å²) in [6, 6.07) is 16.9. The van der Waals surface area contributed by atoms with Crippen molar-refractivity contribution in [1.82, 2.24) is 9.29 Å². The number of nitrogens with zero attached hydrogens (tertiary/aromatic N) is 2. The molecule has 2 aliphatic rings. The maximum atomic E-state index is 13.6. The minimum absolute atomic E-state index is 0.00504. The molecule has 0 radical (unpaired) electrons. The average Bonchev–Trinajstić information content (AvgIpc) is 3.00. The number of benzene rings is 2. The van der Waals surface area contributed by atoms with Crippen LogP contribution in [0.25, 0.3) is 10.8 Å². The first-order valence-corrected chi connectivity index (χ1v) is 11.1. The standard InChI is InChI=1S/C22H22N2O3S/c25-28(26,22-7-3-5-16-4-1-2-6-21(16)22)24-17-8-9-18(24)15-20(14-17)27-19-10-12-23-13-11-19/h1-7,10-13,17-18,20H,8-9,14-15H2. The fourth-order valence-electron chi connectivity index (χ4n) is 4.72. The van der Waals surface area contributed by atoms with E-state index in [1.54, 1.807) is 22.8 Å². The zero-order valence-electron chi connectivity index (χ0n) is 15.4. The molecule has 0 aliphatic carbocycles. The molecule has 2 atom stereocenters.